The molecule has 2 unspecified atom stereocenters. The number of carbonyl (C=O) groups is 1. The number of halogens is 2. The van der Waals surface area contributed by atoms with Gasteiger partial charge in [0.2, 0.25) is 5.91 Å². The first kappa shape index (κ1) is 19.3. The number of hydrogen-bond acceptors (Lipinski definition) is 2. The van der Waals surface area contributed by atoms with E-state index < -0.39 is 0 Å². The SMILES string of the molecule is CN(CCCc1cc(-c2ccc(F)cc2)n[nH]1)C(=O)C1CC1c1ccccc1F. The van der Waals surface area contributed by atoms with Gasteiger partial charge >= 0.3 is 0 Å². The van der Waals surface area contributed by atoms with Gasteiger partial charge in [0.15, 0.2) is 0 Å². The third-order valence-electron chi connectivity index (χ3n) is 5.50. The first-order valence-electron chi connectivity index (χ1n) is 9.82. The van der Waals surface area contributed by atoms with Crippen LogP contribution in [0.2, 0.25) is 0 Å². The number of aromatic amines is 1. The number of aryl methyl sites for hydroxylation is 1. The Hall–Kier alpha value is -3.02. The highest BCUT2D eigenvalue weighted by atomic mass is 19.1. The summed E-state index contributed by atoms with van der Waals surface area (Å²) in [5.41, 5.74) is 3.25. The van der Waals surface area contributed by atoms with Crippen molar-refractivity contribution in [1.82, 2.24) is 15.1 Å². The van der Waals surface area contributed by atoms with Gasteiger partial charge in [-0.05, 0) is 67.1 Å². The monoisotopic (exact) mass is 395 g/mol. The molecule has 1 heterocycles. The van der Waals surface area contributed by atoms with E-state index in [1.807, 2.05) is 12.1 Å². The maximum atomic E-state index is 13.9. The number of hydrogen-bond donors (Lipinski definition) is 1. The van der Waals surface area contributed by atoms with Gasteiger partial charge in [0.1, 0.15) is 11.6 Å². The zero-order valence-electron chi connectivity index (χ0n) is 16.2. The molecule has 29 heavy (non-hydrogen) atoms. The van der Waals surface area contributed by atoms with Gasteiger partial charge in [0, 0.05) is 30.8 Å². The van der Waals surface area contributed by atoms with E-state index in [4.69, 9.17) is 0 Å². The van der Waals surface area contributed by atoms with Crippen LogP contribution in [-0.4, -0.2) is 34.6 Å². The predicted molar refractivity (Wildman–Crippen MR) is 107 cm³/mol. The molecule has 1 fully saturated rings. The number of benzene rings is 2. The second kappa shape index (κ2) is 8.15. The minimum Gasteiger partial charge on any atom is -0.345 e. The average molecular weight is 395 g/mol. The third kappa shape index (κ3) is 4.36. The summed E-state index contributed by atoms with van der Waals surface area (Å²) in [4.78, 5) is 14.4. The van der Waals surface area contributed by atoms with Crippen LogP contribution in [0.3, 0.4) is 0 Å². The molecule has 0 bridgehead atoms. The van der Waals surface area contributed by atoms with E-state index in [1.165, 1.54) is 18.2 Å². The normalized spacial score (nSPS) is 17.9. The van der Waals surface area contributed by atoms with E-state index in [2.05, 4.69) is 10.2 Å². The zero-order valence-corrected chi connectivity index (χ0v) is 16.2. The van der Waals surface area contributed by atoms with Crippen LogP contribution >= 0.6 is 0 Å². The smallest absolute Gasteiger partial charge is 0.226 e. The Balaban J connectivity index is 1.26. The number of nitrogens with zero attached hydrogens (tertiary/aromatic N) is 2. The molecule has 4 rings (SSSR count). The Kier molecular flexibility index (Phi) is 5.43. The van der Waals surface area contributed by atoms with Crippen LogP contribution in [0.4, 0.5) is 8.78 Å². The molecule has 1 N–H and O–H groups in total. The van der Waals surface area contributed by atoms with Gasteiger partial charge in [-0.1, -0.05) is 18.2 Å². The Morgan fingerprint density at radius 2 is 1.93 bits per heavy atom. The molecule has 3 aromatic rings. The summed E-state index contributed by atoms with van der Waals surface area (Å²) >= 11 is 0. The molecule has 0 radical (unpaired) electrons. The fourth-order valence-electron chi connectivity index (χ4n) is 3.75. The zero-order chi connectivity index (χ0) is 20.4. The molecule has 1 saturated carbocycles. The molecule has 4 nitrogen and oxygen atoms in total. The van der Waals surface area contributed by atoms with Crippen LogP contribution in [0.1, 0.15) is 30.0 Å². The van der Waals surface area contributed by atoms with Crippen LogP contribution in [-0.2, 0) is 11.2 Å². The van der Waals surface area contributed by atoms with Crippen molar-refractivity contribution in [3.63, 3.8) is 0 Å². The van der Waals surface area contributed by atoms with Gasteiger partial charge in [0.05, 0.1) is 5.69 Å². The van der Waals surface area contributed by atoms with E-state index in [-0.39, 0.29) is 29.4 Å². The second-order valence-corrected chi connectivity index (χ2v) is 7.62. The van der Waals surface area contributed by atoms with Crippen LogP contribution < -0.4 is 0 Å². The minimum atomic E-state index is -0.273. The fraction of sp³-hybridized carbons (Fsp3) is 0.304. The van der Waals surface area contributed by atoms with E-state index in [0.717, 1.165) is 29.8 Å². The maximum absolute atomic E-state index is 13.9. The highest BCUT2D eigenvalue weighted by Gasteiger charge is 2.46. The predicted octanol–water partition coefficient (Wildman–Crippen LogP) is 4.55. The molecule has 0 saturated heterocycles. The molecule has 6 heteroatoms. The average Bonchev–Trinajstić information content (AvgIpc) is 3.37. The molecule has 150 valence electrons. The molecule has 2 atom stereocenters. The number of aromatic nitrogens is 2. The van der Waals surface area contributed by atoms with Crippen molar-refractivity contribution in [2.24, 2.45) is 5.92 Å². The molecule has 2 aromatic carbocycles. The van der Waals surface area contributed by atoms with Crippen LogP contribution in [0.25, 0.3) is 11.3 Å². The van der Waals surface area contributed by atoms with Crippen molar-refractivity contribution in [3.8, 4) is 11.3 Å². The number of H-pyrrole nitrogens is 1. The number of carbonyl (C=O) groups excluding carboxylic acids is 1. The summed E-state index contributed by atoms with van der Waals surface area (Å²) in [6.07, 6.45) is 2.27. The Morgan fingerprint density at radius 1 is 1.17 bits per heavy atom. The van der Waals surface area contributed by atoms with Gasteiger partial charge in [-0.25, -0.2) is 8.78 Å². The van der Waals surface area contributed by atoms with Crippen molar-refractivity contribution < 1.29 is 13.6 Å². The Labute approximate surface area is 168 Å². The van der Waals surface area contributed by atoms with Gasteiger partial charge in [-0.15, -0.1) is 0 Å². The highest BCUT2D eigenvalue weighted by Crippen LogP contribution is 2.49. The largest absolute Gasteiger partial charge is 0.345 e. The van der Waals surface area contributed by atoms with Crippen molar-refractivity contribution in [2.45, 2.75) is 25.2 Å². The molecule has 0 spiro atoms. The molecular weight excluding hydrogens is 372 g/mol. The molecule has 1 aromatic heterocycles. The van der Waals surface area contributed by atoms with Crippen LogP contribution in [0.5, 0.6) is 0 Å². The van der Waals surface area contributed by atoms with Gasteiger partial charge in [-0.3, -0.25) is 9.89 Å². The van der Waals surface area contributed by atoms with Gasteiger partial charge < -0.3 is 4.90 Å². The maximum Gasteiger partial charge on any atom is 0.226 e. The van der Waals surface area contributed by atoms with Crippen molar-refractivity contribution in [3.05, 3.63) is 77.5 Å². The summed E-state index contributed by atoms with van der Waals surface area (Å²) in [5.74, 6) is -0.544. The Bertz CT molecular complexity index is 999. The van der Waals surface area contributed by atoms with Crippen molar-refractivity contribution >= 4 is 5.91 Å². The molecule has 1 aliphatic rings. The summed E-state index contributed by atoms with van der Waals surface area (Å²) < 4.78 is 26.9. The van der Waals surface area contributed by atoms with Gasteiger partial charge in [-0.2, -0.15) is 5.10 Å². The number of nitrogens with one attached hydrogen (secondary N) is 1. The third-order valence-corrected chi connectivity index (χ3v) is 5.50. The van der Waals surface area contributed by atoms with Crippen molar-refractivity contribution in [1.29, 1.82) is 0 Å². The Morgan fingerprint density at radius 3 is 2.69 bits per heavy atom. The lowest BCUT2D eigenvalue weighted by Crippen LogP contribution is -2.29. The lowest BCUT2D eigenvalue weighted by Gasteiger charge is -2.17. The van der Waals surface area contributed by atoms with Crippen LogP contribution in [0, 0.1) is 17.6 Å². The van der Waals surface area contributed by atoms with Crippen LogP contribution in [0.15, 0.2) is 54.6 Å². The number of amides is 1. The quantitative estimate of drug-likeness (QED) is 0.638. The summed E-state index contributed by atoms with van der Waals surface area (Å²) in [6, 6.07) is 14.9. The molecule has 1 amide bonds. The standard InChI is InChI=1S/C23H23F2N3O/c1-28(23(29)20-14-19(20)18-6-2-3-7-21(18)25)12-4-5-17-13-22(27-26-17)15-8-10-16(24)11-9-15/h2-3,6-11,13,19-20H,4-5,12,14H2,1H3,(H,26,27). The van der Waals surface area contributed by atoms with E-state index in [0.29, 0.717) is 18.5 Å². The number of rotatable bonds is 7. The highest BCUT2D eigenvalue weighted by molar-refractivity contribution is 5.82. The molecule has 0 aliphatic heterocycles. The summed E-state index contributed by atoms with van der Waals surface area (Å²) in [7, 11) is 1.80. The topological polar surface area (TPSA) is 49.0 Å². The van der Waals surface area contributed by atoms with Crippen molar-refractivity contribution in [2.75, 3.05) is 13.6 Å². The minimum absolute atomic E-state index is 0.00276. The first-order valence-corrected chi connectivity index (χ1v) is 9.82. The summed E-state index contributed by atoms with van der Waals surface area (Å²) in [5, 5.41) is 7.28. The van der Waals surface area contributed by atoms with E-state index in [9.17, 15) is 13.6 Å². The molecular formula is C23H23F2N3O. The lowest BCUT2D eigenvalue weighted by molar-refractivity contribution is -0.131. The second-order valence-electron chi connectivity index (χ2n) is 7.62. The first-order chi connectivity index (χ1) is 14.0. The fourth-order valence-corrected chi connectivity index (χ4v) is 3.75. The molecule has 1 aliphatic carbocycles. The van der Waals surface area contributed by atoms with E-state index in [1.54, 1.807) is 36.2 Å². The van der Waals surface area contributed by atoms with E-state index >= 15 is 0 Å². The van der Waals surface area contributed by atoms with Gasteiger partial charge in [0.25, 0.3) is 0 Å². The lowest BCUT2D eigenvalue weighted by atomic mass is 10.1. The summed E-state index contributed by atoms with van der Waals surface area (Å²) in [6.45, 7) is 0.629.